The highest BCUT2D eigenvalue weighted by molar-refractivity contribution is 5.94. The average molecular weight is 243 g/mol. The van der Waals surface area contributed by atoms with E-state index in [4.69, 9.17) is 5.11 Å². The molecule has 1 aromatic carbocycles. The second-order valence-corrected chi connectivity index (χ2v) is 4.67. The van der Waals surface area contributed by atoms with Crippen molar-refractivity contribution in [2.24, 2.45) is 5.92 Å². The van der Waals surface area contributed by atoms with Gasteiger partial charge in [0.25, 0.3) is 5.91 Å². The van der Waals surface area contributed by atoms with Gasteiger partial charge in [-0.25, -0.2) is 0 Å². The molecular weight excluding hydrogens is 226 g/mol. The minimum absolute atomic E-state index is 0.0589. The Morgan fingerprint density at radius 3 is 2.61 bits per heavy atom. The van der Waals surface area contributed by atoms with Gasteiger partial charge in [0, 0.05) is 24.7 Å². The molecule has 3 heteroatoms. The summed E-state index contributed by atoms with van der Waals surface area (Å²) in [6.45, 7) is 0.704. The van der Waals surface area contributed by atoms with Crippen molar-refractivity contribution >= 4 is 5.91 Å². The van der Waals surface area contributed by atoms with Crippen molar-refractivity contribution in [3.63, 3.8) is 0 Å². The van der Waals surface area contributed by atoms with Gasteiger partial charge in [-0.3, -0.25) is 4.79 Å². The van der Waals surface area contributed by atoms with Crippen LogP contribution in [0.2, 0.25) is 0 Å². The lowest BCUT2D eigenvalue weighted by Crippen LogP contribution is -2.28. The molecule has 2 rings (SSSR count). The van der Waals surface area contributed by atoms with Crippen molar-refractivity contribution in [2.45, 2.75) is 12.8 Å². The Balaban J connectivity index is 2.01. The van der Waals surface area contributed by atoms with Gasteiger partial charge >= 0.3 is 0 Å². The second-order valence-electron chi connectivity index (χ2n) is 4.67. The minimum atomic E-state index is -0.148. The van der Waals surface area contributed by atoms with E-state index in [9.17, 15) is 4.79 Å². The van der Waals surface area contributed by atoms with Crippen molar-refractivity contribution in [1.82, 2.24) is 4.90 Å². The van der Waals surface area contributed by atoms with E-state index < -0.39 is 0 Å². The molecule has 94 valence electrons. The Morgan fingerprint density at radius 1 is 1.39 bits per heavy atom. The van der Waals surface area contributed by atoms with Gasteiger partial charge < -0.3 is 10.0 Å². The minimum Gasteiger partial charge on any atom is -0.384 e. The Kier molecular flexibility index (Phi) is 4.01. The van der Waals surface area contributed by atoms with Crippen LogP contribution in [0, 0.1) is 17.8 Å². The van der Waals surface area contributed by atoms with Crippen LogP contribution in [0.5, 0.6) is 0 Å². The molecule has 1 aliphatic carbocycles. The van der Waals surface area contributed by atoms with Crippen LogP contribution in [0.15, 0.2) is 24.3 Å². The van der Waals surface area contributed by atoms with Crippen LogP contribution in [0.4, 0.5) is 0 Å². The Bertz CT molecular complexity index is 477. The van der Waals surface area contributed by atoms with Crippen LogP contribution in [-0.2, 0) is 0 Å². The summed E-state index contributed by atoms with van der Waals surface area (Å²) < 4.78 is 0. The monoisotopic (exact) mass is 243 g/mol. The van der Waals surface area contributed by atoms with E-state index in [2.05, 4.69) is 11.8 Å². The Morgan fingerprint density at radius 2 is 2.06 bits per heavy atom. The highest BCUT2D eigenvalue weighted by atomic mass is 16.2. The van der Waals surface area contributed by atoms with Crippen molar-refractivity contribution in [3.8, 4) is 11.8 Å². The molecule has 0 radical (unpaired) electrons. The molecule has 1 amide bonds. The van der Waals surface area contributed by atoms with Gasteiger partial charge in [0.2, 0.25) is 0 Å². The topological polar surface area (TPSA) is 40.5 Å². The number of hydrogen-bond donors (Lipinski definition) is 1. The van der Waals surface area contributed by atoms with Crippen molar-refractivity contribution < 1.29 is 9.90 Å². The number of benzene rings is 1. The predicted molar refractivity (Wildman–Crippen MR) is 70.1 cm³/mol. The van der Waals surface area contributed by atoms with Gasteiger partial charge in [-0.2, -0.15) is 0 Å². The smallest absolute Gasteiger partial charge is 0.253 e. The molecule has 0 spiro atoms. The van der Waals surface area contributed by atoms with Crippen molar-refractivity contribution in [2.75, 3.05) is 20.2 Å². The first-order chi connectivity index (χ1) is 8.70. The molecule has 0 bridgehead atoms. The van der Waals surface area contributed by atoms with Crippen LogP contribution in [0.1, 0.15) is 28.8 Å². The quantitative estimate of drug-likeness (QED) is 0.818. The SMILES string of the molecule is CN(CC1CC1)C(=O)c1ccc(C#CCO)cc1. The fourth-order valence-electron chi connectivity index (χ4n) is 1.83. The largest absolute Gasteiger partial charge is 0.384 e. The molecule has 0 aliphatic heterocycles. The zero-order valence-electron chi connectivity index (χ0n) is 10.5. The number of aliphatic hydroxyl groups excluding tert-OH is 1. The molecule has 0 heterocycles. The first kappa shape index (κ1) is 12.7. The van der Waals surface area contributed by atoms with Crippen LogP contribution in [-0.4, -0.2) is 36.1 Å². The summed E-state index contributed by atoms with van der Waals surface area (Å²) in [5, 5.41) is 8.60. The average Bonchev–Trinajstić information content (AvgIpc) is 3.20. The third kappa shape index (κ3) is 3.35. The Labute approximate surface area is 107 Å². The zero-order valence-corrected chi connectivity index (χ0v) is 10.5. The van der Waals surface area contributed by atoms with Gasteiger partial charge in [0.1, 0.15) is 6.61 Å². The highest BCUT2D eigenvalue weighted by Crippen LogP contribution is 2.29. The molecule has 1 aromatic rings. The molecule has 0 aromatic heterocycles. The summed E-state index contributed by atoms with van der Waals surface area (Å²) >= 11 is 0. The molecule has 1 N–H and O–H groups in total. The first-order valence-electron chi connectivity index (χ1n) is 6.16. The molecule has 1 saturated carbocycles. The number of carbonyl (C=O) groups excluding carboxylic acids is 1. The molecular formula is C15H17NO2. The van der Waals surface area contributed by atoms with Gasteiger partial charge in [-0.05, 0) is 43.0 Å². The Hall–Kier alpha value is -1.79. The molecule has 1 fully saturated rings. The number of carbonyl (C=O) groups is 1. The van der Waals surface area contributed by atoms with Gasteiger partial charge in [0.15, 0.2) is 0 Å². The van der Waals surface area contributed by atoms with Gasteiger partial charge in [-0.1, -0.05) is 11.8 Å². The maximum Gasteiger partial charge on any atom is 0.253 e. The zero-order chi connectivity index (χ0) is 13.0. The summed E-state index contributed by atoms with van der Waals surface area (Å²) in [6, 6.07) is 7.18. The van der Waals surface area contributed by atoms with Gasteiger partial charge in [-0.15, -0.1) is 0 Å². The molecule has 18 heavy (non-hydrogen) atoms. The van der Waals surface area contributed by atoms with Crippen LogP contribution in [0.3, 0.4) is 0 Å². The van der Waals surface area contributed by atoms with E-state index in [1.165, 1.54) is 12.8 Å². The highest BCUT2D eigenvalue weighted by Gasteiger charge is 2.25. The third-order valence-corrected chi connectivity index (χ3v) is 3.02. The van der Waals surface area contributed by atoms with E-state index in [-0.39, 0.29) is 12.5 Å². The summed E-state index contributed by atoms with van der Waals surface area (Å²) in [5.41, 5.74) is 1.50. The molecule has 3 nitrogen and oxygen atoms in total. The summed E-state index contributed by atoms with van der Waals surface area (Å²) in [4.78, 5) is 13.9. The summed E-state index contributed by atoms with van der Waals surface area (Å²) in [7, 11) is 1.85. The predicted octanol–water partition coefficient (Wildman–Crippen LogP) is 1.51. The summed E-state index contributed by atoms with van der Waals surface area (Å²) in [5.74, 6) is 6.15. The normalized spacial score (nSPS) is 13.7. The lowest BCUT2D eigenvalue weighted by atomic mass is 10.1. The molecule has 0 saturated heterocycles. The summed E-state index contributed by atoms with van der Waals surface area (Å²) in [6.07, 6.45) is 2.49. The van der Waals surface area contributed by atoms with Crippen molar-refractivity contribution in [1.29, 1.82) is 0 Å². The maximum atomic E-state index is 12.1. The maximum absolute atomic E-state index is 12.1. The second kappa shape index (κ2) is 5.70. The van der Waals surface area contributed by atoms with Gasteiger partial charge in [0.05, 0.1) is 0 Å². The third-order valence-electron chi connectivity index (χ3n) is 3.02. The fraction of sp³-hybridized carbons (Fsp3) is 0.400. The lowest BCUT2D eigenvalue weighted by Gasteiger charge is -2.16. The van der Waals surface area contributed by atoms with E-state index in [0.29, 0.717) is 11.5 Å². The van der Waals surface area contributed by atoms with Crippen LogP contribution < -0.4 is 0 Å². The van der Waals surface area contributed by atoms with E-state index >= 15 is 0 Å². The van der Waals surface area contributed by atoms with Crippen molar-refractivity contribution in [3.05, 3.63) is 35.4 Å². The van der Waals surface area contributed by atoms with E-state index in [1.807, 2.05) is 7.05 Å². The number of amides is 1. The van der Waals surface area contributed by atoms with Crippen LogP contribution >= 0.6 is 0 Å². The number of rotatable bonds is 3. The molecule has 0 atom stereocenters. The number of hydrogen-bond acceptors (Lipinski definition) is 2. The fourth-order valence-corrected chi connectivity index (χ4v) is 1.83. The first-order valence-corrected chi connectivity index (χ1v) is 6.16. The molecule has 1 aliphatic rings. The standard InChI is InChI=1S/C15H17NO2/c1-16(11-13-4-5-13)15(18)14-8-6-12(7-9-14)3-2-10-17/h6-9,13,17H,4-5,10-11H2,1H3. The molecule has 0 unspecified atom stereocenters. The number of aliphatic hydroxyl groups is 1. The van der Waals surface area contributed by atoms with E-state index in [1.54, 1.807) is 29.2 Å². The van der Waals surface area contributed by atoms with E-state index in [0.717, 1.165) is 12.1 Å². The lowest BCUT2D eigenvalue weighted by molar-refractivity contribution is 0.0788. The number of nitrogens with zero attached hydrogens (tertiary/aromatic N) is 1. The van der Waals surface area contributed by atoms with Crippen LogP contribution in [0.25, 0.3) is 0 Å².